The SMILES string of the molecule is CCN(CC)CCN(C(=O)c1ccno1)c1nc2c(C)c(C)ccc2s1. The molecule has 0 saturated carbocycles. The first kappa shape index (κ1) is 18.5. The van der Waals surface area contributed by atoms with Gasteiger partial charge in [-0.1, -0.05) is 36.4 Å². The van der Waals surface area contributed by atoms with Crippen LogP contribution in [0.4, 0.5) is 5.13 Å². The molecule has 1 amide bonds. The van der Waals surface area contributed by atoms with Gasteiger partial charge in [-0.2, -0.15) is 0 Å². The summed E-state index contributed by atoms with van der Waals surface area (Å²) < 4.78 is 6.18. The molecule has 0 unspecified atom stereocenters. The molecule has 0 fully saturated rings. The first-order valence-electron chi connectivity index (χ1n) is 8.86. The predicted molar refractivity (Wildman–Crippen MR) is 105 cm³/mol. The lowest BCUT2D eigenvalue weighted by molar-refractivity contribution is 0.0948. The van der Waals surface area contributed by atoms with Crippen LogP contribution in [0.15, 0.2) is 28.9 Å². The van der Waals surface area contributed by atoms with Crippen molar-refractivity contribution in [2.24, 2.45) is 0 Å². The second-order valence-corrected chi connectivity index (χ2v) is 7.22. The summed E-state index contributed by atoms with van der Waals surface area (Å²) in [6.45, 7) is 11.6. The lowest BCUT2D eigenvalue weighted by Gasteiger charge is -2.23. The Morgan fingerprint density at radius 1 is 1.15 bits per heavy atom. The molecule has 0 aliphatic rings. The van der Waals surface area contributed by atoms with Crippen molar-refractivity contribution in [3.05, 3.63) is 41.3 Å². The smallest absolute Gasteiger partial charge is 0.298 e. The lowest BCUT2D eigenvalue weighted by atomic mass is 10.1. The maximum atomic E-state index is 13.0. The zero-order chi connectivity index (χ0) is 18.7. The van der Waals surface area contributed by atoms with E-state index in [0.29, 0.717) is 11.7 Å². The second kappa shape index (κ2) is 7.97. The van der Waals surface area contributed by atoms with Crippen molar-refractivity contribution in [1.29, 1.82) is 0 Å². The van der Waals surface area contributed by atoms with Crippen molar-refractivity contribution < 1.29 is 9.32 Å². The standard InChI is InChI=1S/C19H24N4O2S/c1-5-22(6-2)11-12-23(18(24)15-9-10-20-25-15)19-21-17-14(4)13(3)7-8-16(17)26-19/h7-10H,5-6,11-12H2,1-4H3. The minimum absolute atomic E-state index is 0.205. The number of carbonyl (C=O) groups is 1. The molecular weight excluding hydrogens is 348 g/mol. The third-order valence-electron chi connectivity index (χ3n) is 4.73. The molecule has 0 aliphatic carbocycles. The molecule has 0 aliphatic heterocycles. The molecule has 0 N–H and O–H groups in total. The minimum atomic E-state index is -0.205. The van der Waals surface area contributed by atoms with Crippen LogP contribution in [-0.2, 0) is 0 Å². The number of hydrogen-bond acceptors (Lipinski definition) is 6. The highest BCUT2D eigenvalue weighted by Gasteiger charge is 2.24. The first-order valence-corrected chi connectivity index (χ1v) is 9.68. The van der Waals surface area contributed by atoms with Crippen LogP contribution in [0.25, 0.3) is 10.2 Å². The Morgan fingerprint density at radius 3 is 2.58 bits per heavy atom. The quantitative estimate of drug-likeness (QED) is 0.630. The third kappa shape index (κ3) is 3.64. The van der Waals surface area contributed by atoms with E-state index >= 15 is 0 Å². The zero-order valence-corrected chi connectivity index (χ0v) is 16.5. The van der Waals surface area contributed by atoms with E-state index < -0.39 is 0 Å². The number of fused-ring (bicyclic) bond motifs is 1. The Bertz CT molecular complexity index is 884. The second-order valence-electron chi connectivity index (χ2n) is 6.21. The number of nitrogens with zero attached hydrogens (tertiary/aromatic N) is 4. The number of likely N-dealkylation sites (N-methyl/N-ethyl adjacent to an activating group) is 1. The summed E-state index contributed by atoms with van der Waals surface area (Å²) >= 11 is 1.53. The van der Waals surface area contributed by atoms with Gasteiger partial charge in [-0.15, -0.1) is 0 Å². The molecule has 0 spiro atoms. The molecule has 138 valence electrons. The number of thiazole rings is 1. The van der Waals surface area contributed by atoms with E-state index in [-0.39, 0.29) is 11.7 Å². The van der Waals surface area contributed by atoms with Gasteiger partial charge in [-0.05, 0) is 44.1 Å². The largest absolute Gasteiger partial charge is 0.351 e. The van der Waals surface area contributed by atoms with Crippen LogP contribution in [0, 0.1) is 13.8 Å². The molecule has 0 radical (unpaired) electrons. The molecule has 2 aromatic heterocycles. The minimum Gasteiger partial charge on any atom is -0.351 e. The van der Waals surface area contributed by atoms with Crippen molar-refractivity contribution in [3.8, 4) is 0 Å². The Balaban J connectivity index is 1.96. The van der Waals surface area contributed by atoms with Gasteiger partial charge in [0.2, 0.25) is 5.76 Å². The van der Waals surface area contributed by atoms with Gasteiger partial charge < -0.3 is 9.42 Å². The highest BCUT2D eigenvalue weighted by Crippen LogP contribution is 2.32. The zero-order valence-electron chi connectivity index (χ0n) is 15.7. The van der Waals surface area contributed by atoms with Crippen LogP contribution in [0.5, 0.6) is 0 Å². The average Bonchev–Trinajstić information content (AvgIpc) is 3.31. The van der Waals surface area contributed by atoms with E-state index in [2.05, 4.69) is 49.9 Å². The Hall–Kier alpha value is -2.25. The summed E-state index contributed by atoms with van der Waals surface area (Å²) in [6.07, 6.45) is 1.49. The van der Waals surface area contributed by atoms with E-state index in [0.717, 1.165) is 35.4 Å². The van der Waals surface area contributed by atoms with E-state index in [1.54, 1.807) is 11.0 Å². The van der Waals surface area contributed by atoms with E-state index in [9.17, 15) is 4.79 Å². The number of rotatable bonds is 7. The number of amides is 1. The lowest BCUT2D eigenvalue weighted by Crippen LogP contribution is -2.38. The van der Waals surface area contributed by atoms with Gasteiger partial charge in [0.05, 0.1) is 16.4 Å². The van der Waals surface area contributed by atoms with Crippen LogP contribution in [0.1, 0.15) is 35.5 Å². The summed E-state index contributed by atoms with van der Waals surface area (Å²) in [5.41, 5.74) is 3.31. The maximum absolute atomic E-state index is 13.0. The van der Waals surface area contributed by atoms with Gasteiger partial charge in [-0.3, -0.25) is 9.69 Å². The molecule has 6 nitrogen and oxygen atoms in total. The molecular formula is C19H24N4O2S. The topological polar surface area (TPSA) is 62.5 Å². The monoisotopic (exact) mass is 372 g/mol. The van der Waals surface area contributed by atoms with E-state index in [1.165, 1.54) is 23.1 Å². The number of carbonyl (C=O) groups excluding carboxylic acids is 1. The van der Waals surface area contributed by atoms with E-state index in [1.807, 2.05) is 0 Å². The summed E-state index contributed by atoms with van der Waals surface area (Å²) in [6, 6.07) is 5.76. The number of aromatic nitrogens is 2. The molecule has 0 bridgehead atoms. The Labute approximate surface area is 157 Å². The van der Waals surface area contributed by atoms with Crippen molar-refractivity contribution in [2.75, 3.05) is 31.1 Å². The summed E-state index contributed by atoms with van der Waals surface area (Å²) in [7, 11) is 0. The molecule has 3 aromatic rings. The Morgan fingerprint density at radius 2 is 1.92 bits per heavy atom. The fraction of sp³-hybridized carbons (Fsp3) is 0.421. The number of benzene rings is 1. The van der Waals surface area contributed by atoms with Gasteiger partial charge in [0, 0.05) is 19.2 Å². The predicted octanol–water partition coefficient (Wildman–Crippen LogP) is 3.89. The van der Waals surface area contributed by atoms with Crippen LogP contribution < -0.4 is 4.90 Å². The van der Waals surface area contributed by atoms with Gasteiger partial charge in [0.25, 0.3) is 5.91 Å². The highest BCUT2D eigenvalue weighted by molar-refractivity contribution is 7.22. The highest BCUT2D eigenvalue weighted by atomic mass is 32.1. The molecule has 2 heterocycles. The van der Waals surface area contributed by atoms with Gasteiger partial charge in [0.15, 0.2) is 5.13 Å². The van der Waals surface area contributed by atoms with Crippen LogP contribution in [0.2, 0.25) is 0 Å². The van der Waals surface area contributed by atoms with Crippen molar-refractivity contribution in [2.45, 2.75) is 27.7 Å². The first-order chi connectivity index (χ1) is 12.5. The maximum Gasteiger partial charge on any atom is 0.298 e. The number of hydrogen-bond donors (Lipinski definition) is 0. The molecule has 0 saturated heterocycles. The summed E-state index contributed by atoms with van der Waals surface area (Å²) in [5.74, 6) is 0.0276. The van der Waals surface area contributed by atoms with Crippen LogP contribution in [-0.4, -0.2) is 47.1 Å². The number of anilines is 1. The molecule has 7 heteroatoms. The van der Waals surface area contributed by atoms with Crippen LogP contribution in [0.3, 0.4) is 0 Å². The fourth-order valence-electron chi connectivity index (χ4n) is 2.85. The Kier molecular flexibility index (Phi) is 5.68. The molecule has 26 heavy (non-hydrogen) atoms. The molecule has 3 rings (SSSR count). The van der Waals surface area contributed by atoms with E-state index in [4.69, 9.17) is 9.51 Å². The van der Waals surface area contributed by atoms with Crippen molar-refractivity contribution in [3.63, 3.8) is 0 Å². The normalized spacial score (nSPS) is 11.4. The van der Waals surface area contributed by atoms with Gasteiger partial charge in [0.1, 0.15) is 0 Å². The number of aryl methyl sites for hydroxylation is 2. The van der Waals surface area contributed by atoms with Crippen LogP contribution >= 0.6 is 11.3 Å². The molecule has 1 aromatic carbocycles. The fourth-order valence-corrected chi connectivity index (χ4v) is 3.90. The summed E-state index contributed by atoms with van der Waals surface area (Å²) in [5, 5.41) is 4.36. The van der Waals surface area contributed by atoms with Crippen molar-refractivity contribution >= 4 is 32.6 Å². The third-order valence-corrected chi connectivity index (χ3v) is 5.78. The van der Waals surface area contributed by atoms with Crippen molar-refractivity contribution in [1.82, 2.24) is 15.0 Å². The molecule has 0 atom stereocenters. The summed E-state index contributed by atoms with van der Waals surface area (Å²) in [4.78, 5) is 21.7. The van der Waals surface area contributed by atoms with Gasteiger partial charge >= 0.3 is 0 Å². The van der Waals surface area contributed by atoms with Gasteiger partial charge in [-0.25, -0.2) is 4.98 Å². The average molecular weight is 372 g/mol.